The van der Waals surface area contributed by atoms with E-state index in [0.717, 1.165) is 9.75 Å². The van der Waals surface area contributed by atoms with Gasteiger partial charge in [0, 0.05) is 16.7 Å². The van der Waals surface area contributed by atoms with Crippen LogP contribution in [-0.4, -0.2) is 29.4 Å². The molecule has 0 N–H and O–H groups in total. The van der Waals surface area contributed by atoms with E-state index < -0.39 is 6.10 Å². The van der Waals surface area contributed by atoms with E-state index in [2.05, 4.69) is 0 Å². The lowest BCUT2D eigenvalue weighted by Gasteiger charge is -2.36. The van der Waals surface area contributed by atoms with E-state index in [1.165, 1.54) is 6.92 Å². The smallest absolute Gasteiger partial charge is 0.266 e. The predicted molar refractivity (Wildman–Crippen MR) is 112 cm³/mol. The lowest BCUT2D eigenvalue weighted by molar-refractivity contribution is -0.140. The number of fused-ring (bicyclic) bond motifs is 1. The van der Waals surface area contributed by atoms with Crippen LogP contribution in [0.3, 0.4) is 0 Å². The minimum atomic E-state index is -0.723. The first kappa shape index (κ1) is 18.7. The standard InChI is InChI=1S/C21H20N2O3S2/c1-15(24)23-14-20(26-19-9-3-2-8-18(19)23)21(25)22(12-16-6-4-10-27-16)13-17-7-5-11-28-17/h2-11,20H,12-14H2,1H3. The molecule has 0 spiro atoms. The number of para-hydroxylation sites is 2. The Labute approximate surface area is 171 Å². The molecule has 28 heavy (non-hydrogen) atoms. The van der Waals surface area contributed by atoms with Gasteiger partial charge in [-0.3, -0.25) is 9.59 Å². The van der Waals surface area contributed by atoms with Gasteiger partial charge < -0.3 is 14.5 Å². The number of carbonyl (C=O) groups is 2. The maximum atomic E-state index is 13.4. The summed E-state index contributed by atoms with van der Waals surface area (Å²) < 4.78 is 6.02. The first-order chi connectivity index (χ1) is 13.6. The van der Waals surface area contributed by atoms with Gasteiger partial charge in [-0.05, 0) is 35.0 Å². The van der Waals surface area contributed by atoms with Gasteiger partial charge in [0.2, 0.25) is 5.91 Å². The van der Waals surface area contributed by atoms with Crippen LogP contribution in [0.15, 0.2) is 59.3 Å². The van der Waals surface area contributed by atoms with E-state index in [1.54, 1.807) is 33.6 Å². The Morgan fingerprint density at radius 1 is 1.04 bits per heavy atom. The summed E-state index contributed by atoms with van der Waals surface area (Å²) in [4.78, 5) is 31.2. The lowest BCUT2D eigenvalue weighted by Crippen LogP contribution is -2.51. The molecule has 144 valence electrons. The van der Waals surface area contributed by atoms with Crippen molar-refractivity contribution in [1.29, 1.82) is 0 Å². The molecule has 5 nitrogen and oxygen atoms in total. The minimum Gasteiger partial charge on any atom is -0.476 e. The van der Waals surface area contributed by atoms with Gasteiger partial charge in [-0.1, -0.05) is 24.3 Å². The quantitative estimate of drug-likeness (QED) is 0.632. The topological polar surface area (TPSA) is 49.9 Å². The van der Waals surface area contributed by atoms with Crippen molar-refractivity contribution in [3.05, 3.63) is 69.0 Å². The molecule has 2 amide bonds. The fraction of sp³-hybridized carbons (Fsp3) is 0.238. The third-order valence-electron chi connectivity index (χ3n) is 4.59. The van der Waals surface area contributed by atoms with Gasteiger partial charge in [-0.15, -0.1) is 22.7 Å². The summed E-state index contributed by atoms with van der Waals surface area (Å²) in [6.45, 7) is 2.78. The second-order valence-corrected chi connectivity index (χ2v) is 8.62. The number of hydrogen-bond acceptors (Lipinski definition) is 5. The van der Waals surface area contributed by atoms with Gasteiger partial charge in [0.05, 0.1) is 25.3 Å². The molecular weight excluding hydrogens is 392 g/mol. The van der Waals surface area contributed by atoms with Crippen LogP contribution in [0.5, 0.6) is 5.75 Å². The van der Waals surface area contributed by atoms with Crippen molar-refractivity contribution in [3.8, 4) is 5.75 Å². The molecule has 3 heterocycles. The molecule has 1 aliphatic rings. The molecule has 0 bridgehead atoms. The van der Waals surface area contributed by atoms with Gasteiger partial charge in [0.1, 0.15) is 5.75 Å². The van der Waals surface area contributed by atoms with Crippen LogP contribution in [-0.2, 0) is 22.7 Å². The number of amides is 2. The number of ether oxygens (including phenoxy) is 1. The molecule has 2 aromatic heterocycles. The average Bonchev–Trinajstić information content (AvgIpc) is 3.40. The number of hydrogen-bond donors (Lipinski definition) is 0. The molecular formula is C21H20N2O3S2. The molecule has 0 saturated heterocycles. The number of rotatable bonds is 5. The normalized spacial score (nSPS) is 15.6. The van der Waals surface area contributed by atoms with Crippen molar-refractivity contribution < 1.29 is 14.3 Å². The summed E-state index contributed by atoms with van der Waals surface area (Å²) in [5.74, 6) is 0.355. The average molecular weight is 413 g/mol. The fourth-order valence-corrected chi connectivity index (χ4v) is 4.70. The Bertz CT molecular complexity index is 918. The molecule has 1 aliphatic heterocycles. The van der Waals surface area contributed by atoms with Crippen molar-refractivity contribution in [1.82, 2.24) is 4.90 Å². The first-order valence-corrected chi connectivity index (χ1v) is 10.7. The van der Waals surface area contributed by atoms with Crippen LogP contribution >= 0.6 is 22.7 Å². The molecule has 0 fully saturated rings. The highest BCUT2D eigenvalue weighted by Crippen LogP contribution is 2.34. The zero-order chi connectivity index (χ0) is 19.5. The van der Waals surface area contributed by atoms with Crippen molar-refractivity contribution in [2.45, 2.75) is 26.1 Å². The summed E-state index contributed by atoms with van der Waals surface area (Å²) in [5.41, 5.74) is 0.710. The lowest BCUT2D eigenvalue weighted by atomic mass is 10.1. The van der Waals surface area contributed by atoms with Gasteiger partial charge >= 0.3 is 0 Å². The maximum Gasteiger partial charge on any atom is 0.266 e. The molecule has 1 unspecified atom stereocenters. The Hall–Kier alpha value is -2.64. The molecule has 1 atom stereocenters. The van der Waals surface area contributed by atoms with E-state index in [-0.39, 0.29) is 18.4 Å². The van der Waals surface area contributed by atoms with Crippen LogP contribution in [0, 0.1) is 0 Å². The number of thiophene rings is 2. The molecule has 4 rings (SSSR count). The van der Waals surface area contributed by atoms with Crippen LogP contribution in [0.2, 0.25) is 0 Å². The van der Waals surface area contributed by atoms with Crippen LogP contribution in [0.1, 0.15) is 16.7 Å². The SMILES string of the molecule is CC(=O)N1CC(C(=O)N(Cc2cccs2)Cc2cccs2)Oc2ccccc21. The summed E-state index contributed by atoms with van der Waals surface area (Å²) in [5, 5.41) is 4.02. The van der Waals surface area contributed by atoms with Gasteiger partial charge in [0.15, 0.2) is 6.10 Å². The highest BCUT2D eigenvalue weighted by atomic mass is 32.1. The van der Waals surface area contributed by atoms with Crippen molar-refractivity contribution in [2.75, 3.05) is 11.4 Å². The van der Waals surface area contributed by atoms with Crippen LogP contribution in [0.4, 0.5) is 5.69 Å². The largest absolute Gasteiger partial charge is 0.476 e. The summed E-state index contributed by atoms with van der Waals surface area (Å²) >= 11 is 3.25. The highest BCUT2D eigenvalue weighted by Gasteiger charge is 2.35. The fourth-order valence-electron chi connectivity index (χ4n) is 3.26. The summed E-state index contributed by atoms with van der Waals surface area (Å²) in [6, 6.07) is 15.4. The van der Waals surface area contributed by atoms with Gasteiger partial charge in [0.25, 0.3) is 5.91 Å². The zero-order valence-corrected chi connectivity index (χ0v) is 17.0. The molecule has 1 aromatic carbocycles. The Morgan fingerprint density at radius 3 is 2.25 bits per heavy atom. The van der Waals surface area contributed by atoms with Crippen LogP contribution in [0.25, 0.3) is 0 Å². The Balaban J connectivity index is 1.60. The third kappa shape index (κ3) is 3.95. The third-order valence-corrected chi connectivity index (χ3v) is 6.32. The van der Waals surface area contributed by atoms with E-state index in [4.69, 9.17) is 4.74 Å². The van der Waals surface area contributed by atoms with Gasteiger partial charge in [-0.25, -0.2) is 0 Å². The Kier molecular flexibility index (Phi) is 5.45. The van der Waals surface area contributed by atoms with E-state index >= 15 is 0 Å². The van der Waals surface area contributed by atoms with E-state index in [9.17, 15) is 9.59 Å². The van der Waals surface area contributed by atoms with Crippen molar-refractivity contribution >= 4 is 40.2 Å². The minimum absolute atomic E-state index is 0.100. The van der Waals surface area contributed by atoms with Crippen molar-refractivity contribution in [3.63, 3.8) is 0 Å². The molecule has 0 radical (unpaired) electrons. The zero-order valence-electron chi connectivity index (χ0n) is 15.4. The summed E-state index contributed by atoms with van der Waals surface area (Å²) in [6.07, 6.45) is -0.723. The molecule has 7 heteroatoms. The second kappa shape index (κ2) is 8.16. The van der Waals surface area contributed by atoms with Crippen molar-refractivity contribution in [2.24, 2.45) is 0 Å². The van der Waals surface area contributed by atoms with E-state index in [1.807, 2.05) is 58.1 Å². The Morgan fingerprint density at radius 2 is 1.68 bits per heavy atom. The predicted octanol–water partition coefficient (Wildman–Crippen LogP) is 4.15. The maximum absolute atomic E-state index is 13.4. The second-order valence-electron chi connectivity index (χ2n) is 6.56. The van der Waals surface area contributed by atoms with E-state index in [0.29, 0.717) is 24.5 Å². The molecule has 0 aliphatic carbocycles. The number of nitrogens with zero attached hydrogens (tertiary/aromatic N) is 2. The monoisotopic (exact) mass is 412 g/mol. The molecule has 3 aromatic rings. The summed E-state index contributed by atoms with van der Waals surface area (Å²) in [7, 11) is 0. The molecule has 0 saturated carbocycles. The number of carbonyl (C=O) groups excluding carboxylic acids is 2. The highest BCUT2D eigenvalue weighted by molar-refractivity contribution is 7.10. The first-order valence-electron chi connectivity index (χ1n) is 8.99. The number of benzene rings is 1. The number of anilines is 1. The van der Waals surface area contributed by atoms with Crippen LogP contribution < -0.4 is 9.64 Å². The van der Waals surface area contributed by atoms with Gasteiger partial charge in [-0.2, -0.15) is 0 Å².